The minimum atomic E-state index is 0.727. The van der Waals surface area contributed by atoms with Crippen molar-refractivity contribution >= 4 is 0 Å². The van der Waals surface area contributed by atoms with Crippen LogP contribution >= 0.6 is 0 Å². The topological polar surface area (TPSA) is 32.5 Å². The highest BCUT2D eigenvalue weighted by Gasteiger charge is 2.33. The third-order valence-electron chi connectivity index (χ3n) is 4.07. The van der Waals surface area contributed by atoms with Crippen molar-refractivity contribution < 1.29 is 0 Å². The summed E-state index contributed by atoms with van der Waals surface area (Å²) in [6.45, 7) is 7.99. The van der Waals surface area contributed by atoms with E-state index in [0.717, 1.165) is 24.5 Å². The van der Waals surface area contributed by atoms with Crippen LogP contribution in [0.4, 0.5) is 0 Å². The molecule has 0 bridgehead atoms. The van der Waals surface area contributed by atoms with Gasteiger partial charge in [0.1, 0.15) is 0 Å². The first-order chi connectivity index (χ1) is 7.22. The van der Waals surface area contributed by atoms with Gasteiger partial charge in [-0.25, -0.2) is 10.0 Å². The van der Waals surface area contributed by atoms with E-state index < -0.39 is 0 Å². The quantitative estimate of drug-likeness (QED) is 0.750. The molecule has 0 aromatic heterocycles. The molecule has 3 nitrogen and oxygen atoms in total. The van der Waals surface area contributed by atoms with Crippen molar-refractivity contribution in [3.63, 3.8) is 0 Å². The van der Waals surface area contributed by atoms with Gasteiger partial charge in [-0.3, -0.25) is 0 Å². The largest absolute Gasteiger partial charge is 0.330 e. The van der Waals surface area contributed by atoms with Crippen LogP contribution < -0.4 is 5.73 Å². The maximum atomic E-state index is 5.75. The van der Waals surface area contributed by atoms with Gasteiger partial charge in [-0.15, -0.1) is 0 Å². The van der Waals surface area contributed by atoms with Crippen molar-refractivity contribution in [1.29, 1.82) is 0 Å². The molecule has 0 aliphatic carbocycles. The van der Waals surface area contributed by atoms with Gasteiger partial charge in [0.05, 0.1) is 0 Å². The summed E-state index contributed by atoms with van der Waals surface area (Å²) in [4.78, 5) is 0. The lowest BCUT2D eigenvalue weighted by Gasteiger charge is -2.44. The SMILES string of the molecule is CC1CCCC(C)N1N1CCC(CN)C1. The third kappa shape index (κ3) is 2.35. The Balaban J connectivity index is 1.96. The number of hydrogen-bond donors (Lipinski definition) is 1. The predicted octanol–water partition coefficient (Wildman–Crippen LogP) is 1.44. The molecular weight excluding hydrogens is 186 g/mol. The molecule has 2 saturated heterocycles. The minimum absolute atomic E-state index is 0.727. The lowest BCUT2D eigenvalue weighted by molar-refractivity contribution is -0.0912. The molecule has 0 aromatic rings. The van der Waals surface area contributed by atoms with Gasteiger partial charge in [0, 0.05) is 25.2 Å². The second-order valence-electron chi connectivity index (χ2n) is 5.31. The zero-order valence-electron chi connectivity index (χ0n) is 10.2. The lowest BCUT2D eigenvalue weighted by Crippen LogP contribution is -2.53. The maximum absolute atomic E-state index is 5.75. The van der Waals surface area contributed by atoms with Crippen LogP contribution in [0.3, 0.4) is 0 Å². The Morgan fingerprint density at radius 1 is 1.13 bits per heavy atom. The van der Waals surface area contributed by atoms with E-state index >= 15 is 0 Å². The number of rotatable bonds is 2. The Bertz CT molecular complexity index is 197. The summed E-state index contributed by atoms with van der Waals surface area (Å²) in [5.74, 6) is 0.728. The van der Waals surface area contributed by atoms with Gasteiger partial charge in [0.15, 0.2) is 0 Å². The zero-order chi connectivity index (χ0) is 10.8. The number of nitrogens with zero attached hydrogens (tertiary/aromatic N) is 2. The highest BCUT2D eigenvalue weighted by molar-refractivity contribution is 4.82. The summed E-state index contributed by atoms with van der Waals surface area (Å²) in [5.41, 5.74) is 5.75. The Kier molecular flexibility index (Phi) is 3.65. The van der Waals surface area contributed by atoms with E-state index in [1.165, 1.54) is 38.8 Å². The van der Waals surface area contributed by atoms with Crippen LogP contribution in [-0.4, -0.2) is 41.7 Å². The molecule has 3 heteroatoms. The molecule has 0 spiro atoms. The van der Waals surface area contributed by atoms with E-state index in [1.807, 2.05) is 0 Å². The molecule has 2 fully saturated rings. The third-order valence-corrected chi connectivity index (χ3v) is 4.07. The smallest absolute Gasteiger partial charge is 0.0220 e. The fraction of sp³-hybridized carbons (Fsp3) is 1.00. The van der Waals surface area contributed by atoms with E-state index in [9.17, 15) is 0 Å². The van der Waals surface area contributed by atoms with E-state index in [0.29, 0.717) is 0 Å². The van der Waals surface area contributed by atoms with E-state index in [1.54, 1.807) is 0 Å². The van der Waals surface area contributed by atoms with Crippen molar-refractivity contribution in [2.24, 2.45) is 11.7 Å². The average Bonchev–Trinajstić information content (AvgIpc) is 2.66. The molecular formula is C12H25N3. The van der Waals surface area contributed by atoms with Gasteiger partial charge < -0.3 is 5.73 Å². The molecule has 2 aliphatic rings. The highest BCUT2D eigenvalue weighted by atomic mass is 15.6. The second-order valence-corrected chi connectivity index (χ2v) is 5.31. The molecule has 2 aliphatic heterocycles. The second kappa shape index (κ2) is 4.81. The van der Waals surface area contributed by atoms with Crippen LogP contribution in [0.15, 0.2) is 0 Å². The van der Waals surface area contributed by atoms with Crippen LogP contribution in [0.25, 0.3) is 0 Å². The molecule has 3 atom stereocenters. The first-order valence-corrected chi connectivity index (χ1v) is 6.45. The van der Waals surface area contributed by atoms with Crippen LogP contribution in [0.2, 0.25) is 0 Å². The fourth-order valence-electron chi connectivity index (χ4n) is 3.18. The summed E-state index contributed by atoms with van der Waals surface area (Å²) in [5, 5.41) is 5.19. The molecule has 2 rings (SSSR count). The van der Waals surface area contributed by atoms with E-state index in [4.69, 9.17) is 5.73 Å². The highest BCUT2D eigenvalue weighted by Crippen LogP contribution is 2.28. The molecule has 88 valence electrons. The average molecular weight is 211 g/mol. The molecule has 0 amide bonds. The van der Waals surface area contributed by atoms with Crippen molar-refractivity contribution in [2.75, 3.05) is 19.6 Å². The molecule has 3 unspecified atom stereocenters. The van der Waals surface area contributed by atoms with Gasteiger partial charge in [0.25, 0.3) is 0 Å². The zero-order valence-corrected chi connectivity index (χ0v) is 10.2. The molecule has 0 aromatic carbocycles. The fourth-order valence-corrected chi connectivity index (χ4v) is 3.18. The standard InChI is InChI=1S/C12H25N3/c1-10-4-3-5-11(2)15(10)14-7-6-12(8-13)9-14/h10-12H,3-9,13H2,1-2H3. The van der Waals surface area contributed by atoms with Crippen molar-refractivity contribution in [2.45, 2.75) is 51.6 Å². The number of nitrogens with two attached hydrogens (primary N) is 1. The summed E-state index contributed by atoms with van der Waals surface area (Å²) >= 11 is 0. The molecule has 0 radical (unpaired) electrons. The summed E-state index contributed by atoms with van der Waals surface area (Å²) < 4.78 is 0. The summed E-state index contributed by atoms with van der Waals surface area (Å²) in [7, 11) is 0. The molecule has 2 N–H and O–H groups in total. The molecule has 2 heterocycles. The van der Waals surface area contributed by atoms with Gasteiger partial charge in [-0.05, 0) is 45.6 Å². The van der Waals surface area contributed by atoms with E-state index in [2.05, 4.69) is 23.9 Å². The maximum Gasteiger partial charge on any atom is 0.0220 e. The number of hydrogen-bond acceptors (Lipinski definition) is 3. The Morgan fingerprint density at radius 3 is 2.33 bits per heavy atom. The van der Waals surface area contributed by atoms with Crippen LogP contribution in [0.1, 0.15) is 39.5 Å². The Hall–Kier alpha value is -0.120. The van der Waals surface area contributed by atoms with Gasteiger partial charge in [-0.1, -0.05) is 6.42 Å². The molecule has 0 saturated carbocycles. The molecule has 15 heavy (non-hydrogen) atoms. The van der Waals surface area contributed by atoms with Crippen molar-refractivity contribution in [3.05, 3.63) is 0 Å². The normalized spacial score (nSPS) is 39.8. The van der Waals surface area contributed by atoms with Gasteiger partial charge in [-0.2, -0.15) is 0 Å². The summed E-state index contributed by atoms with van der Waals surface area (Å²) in [6.07, 6.45) is 5.39. The van der Waals surface area contributed by atoms with Crippen LogP contribution in [0, 0.1) is 5.92 Å². The number of piperidine rings is 1. The minimum Gasteiger partial charge on any atom is -0.330 e. The monoisotopic (exact) mass is 211 g/mol. The van der Waals surface area contributed by atoms with Crippen LogP contribution in [0.5, 0.6) is 0 Å². The predicted molar refractivity (Wildman–Crippen MR) is 63.3 cm³/mol. The Morgan fingerprint density at radius 2 is 1.80 bits per heavy atom. The Labute approximate surface area is 93.6 Å². The van der Waals surface area contributed by atoms with Gasteiger partial charge in [0.2, 0.25) is 0 Å². The lowest BCUT2D eigenvalue weighted by atomic mass is 9.99. The number of hydrazine groups is 1. The first-order valence-electron chi connectivity index (χ1n) is 6.45. The van der Waals surface area contributed by atoms with Crippen molar-refractivity contribution in [3.8, 4) is 0 Å². The van der Waals surface area contributed by atoms with Gasteiger partial charge >= 0.3 is 0 Å². The van der Waals surface area contributed by atoms with E-state index in [-0.39, 0.29) is 0 Å². The van der Waals surface area contributed by atoms with Crippen molar-refractivity contribution in [1.82, 2.24) is 10.0 Å². The van der Waals surface area contributed by atoms with Crippen LogP contribution in [-0.2, 0) is 0 Å². The summed E-state index contributed by atoms with van der Waals surface area (Å²) in [6, 6.07) is 1.45. The first kappa shape index (κ1) is 11.4.